The van der Waals surface area contributed by atoms with Gasteiger partial charge in [0.15, 0.2) is 0 Å². The lowest BCUT2D eigenvalue weighted by molar-refractivity contribution is -0.919. The molecule has 0 radical (unpaired) electrons. The minimum atomic E-state index is -0.0976. The third kappa shape index (κ3) is 6.64. The van der Waals surface area contributed by atoms with Crippen LogP contribution >= 0.6 is 0 Å². The number of quaternary nitrogens is 2. The van der Waals surface area contributed by atoms with Crippen LogP contribution in [0.5, 0.6) is 0 Å². The Hall–Kier alpha value is -0.610. The second-order valence-electron chi connectivity index (χ2n) is 7.25. The molecule has 0 heterocycles. The molecule has 0 aromatic heterocycles. The van der Waals surface area contributed by atoms with Gasteiger partial charge < -0.3 is 13.7 Å². The van der Waals surface area contributed by atoms with E-state index in [2.05, 4.69) is 56.1 Å². The fourth-order valence-electron chi connectivity index (χ4n) is 0.950. The van der Waals surface area contributed by atoms with Crippen LogP contribution in [0.25, 0.3) is 0 Å². The Balaban J connectivity index is 4.09. The largest absolute Gasteiger partial charge is 0.459 e. The smallest absolute Gasteiger partial charge is 0.311 e. The van der Waals surface area contributed by atoms with Gasteiger partial charge in [0, 0.05) is 0 Å². The molecule has 0 aliphatic heterocycles. The van der Waals surface area contributed by atoms with Crippen molar-refractivity contribution in [3.8, 4) is 0 Å². The first-order valence-corrected chi connectivity index (χ1v) is 6.13. The van der Waals surface area contributed by atoms with E-state index in [1.54, 1.807) is 0 Å². The predicted molar refractivity (Wildman–Crippen MR) is 70.6 cm³/mol. The van der Waals surface area contributed by atoms with Crippen LogP contribution in [0.3, 0.4) is 0 Å². The molecule has 0 aliphatic carbocycles. The van der Waals surface area contributed by atoms with Gasteiger partial charge in [-0.15, -0.1) is 0 Å². The van der Waals surface area contributed by atoms with Crippen molar-refractivity contribution < 1.29 is 18.5 Å². The van der Waals surface area contributed by atoms with Crippen molar-refractivity contribution in [3.63, 3.8) is 0 Å². The highest BCUT2D eigenvalue weighted by molar-refractivity contribution is 5.69. The van der Waals surface area contributed by atoms with Crippen molar-refractivity contribution in [2.45, 2.75) is 25.8 Å². The molecule has 0 aromatic rings. The Labute approximate surface area is 106 Å². The quantitative estimate of drug-likeness (QED) is 0.518. The molecule has 0 fully saturated rings. The number of esters is 1. The van der Waals surface area contributed by atoms with Gasteiger partial charge in [-0.3, -0.25) is 4.79 Å². The third-order valence-corrected chi connectivity index (χ3v) is 3.39. The third-order valence-electron chi connectivity index (χ3n) is 3.39. The Morgan fingerprint density at radius 1 is 1.06 bits per heavy atom. The molecule has 4 nitrogen and oxygen atoms in total. The fraction of sp³-hybridized carbons (Fsp3) is 0.923. The molecule has 0 aliphatic rings. The van der Waals surface area contributed by atoms with Gasteiger partial charge in [0.2, 0.25) is 0 Å². The highest BCUT2D eigenvalue weighted by Gasteiger charge is 2.34. The van der Waals surface area contributed by atoms with Gasteiger partial charge in [0.1, 0.15) is 12.1 Å². The van der Waals surface area contributed by atoms with E-state index in [9.17, 15) is 4.79 Å². The van der Waals surface area contributed by atoms with Crippen LogP contribution in [0, 0.1) is 0 Å². The zero-order chi connectivity index (χ0) is 13.9. The average Bonchev–Trinajstić information content (AvgIpc) is 2.08. The van der Waals surface area contributed by atoms with Gasteiger partial charge >= 0.3 is 5.97 Å². The first kappa shape index (κ1) is 16.4. The number of hydrogen-bond acceptors (Lipinski definition) is 2. The molecule has 0 saturated heterocycles. The zero-order valence-corrected chi connectivity index (χ0v) is 12.8. The highest BCUT2D eigenvalue weighted by atomic mass is 16.5. The molecule has 0 bridgehead atoms. The van der Waals surface area contributed by atoms with Gasteiger partial charge in [0.25, 0.3) is 0 Å². The molecule has 0 unspecified atom stereocenters. The van der Waals surface area contributed by atoms with Crippen molar-refractivity contribution in [2.75, 3.05) is 55.4 Å². The number of rotatable bonds is 6. The van der Waals surface area contributed by atoms with Crippen LogP contribution in [0.1, 0.15) is 20.3 Å². The molecule has 102 valence electrons. The Morgan fingerprint density at radius 3 is 1.88 bits per heavy atom. The molecule has 0 aromatic carbocycles. The summed E-state index contributed by atoms with van der Waals surface area (Å²) < 4.78 is 6.92. The Bertz CT molecular complexity index is 260. The van der Waals surface area contributed by atoms with Gasteiger partial charge in [-0.25, -0.2) is 0 Å². The number of hydrogen-bond donors (Lipinski definition) is 0. The number of carbonyl (C=O) groups excluding carboxylic acids is 1. The number of ether oxygens (including phenoxy) is 1. The van der Waals surface area contributed by atoms with Crippen LogP contribution in [0.2, 0.25) is 0 Å². The van der Waals surface area contributed by atoms with Crippen molar-refractivity contribution in [2.24, 2.45) is 0 Å². The molecule has 0 atom stereocenters. The summed E-state index contributed by atoms with van der Waals surface area (Å²) >= 11 is 0. The van der Waals surface area contributed by atoms with Crippen LogP contribution in [0.4, 0.5) is 0 Å². The van der Waals surface area contributed by atoms with Gasteiger partial charge in [-0.1, -0.05) is 0 Å². The van der Waals surface area contributed by atoms with Crippen molar-refractivity contribution in [1.29, 1.82) is 0 Å². The molecule has 0 spiro atoms. The summed E-state index contributed by atoms with van der Waals surface area (Å²) in [6.07, 6.45) is 0.483. The lowest BCUT2D eigenvalue weighted by atomic mass is 10.0. The van der Waals surface area contributed by atoms with Crippen molar-refractivity contribution in [1.82, 2.24) is 0 Å². The normalized spacial score (nSPS) is 13.6. The summed E-state index contributed by atoms with van der Waals surface area (Å²) in [6.45, 7) is 5.50. The molecule has 17 heavy (non-hydrogen) atoms. The first-order valence-electron chi connectivity index (χ1n) is 6.13. The van der Waals surface area contributed by atoms with Gasteiger partial charge in [-0.05, 0) is 13.8 Å². The van der Waals surface area contributed by atoms with E-state index in [0.717, 1.165) is 15.5 Å². The van der Waals surface area contributed by atoms with Crippen LogP contribution in [0.15, 0.2) is 0 Å². The molecule has 0 rings (SSSR count). The molecule has 0 amide bonds. The number of nitrogens with zero attached hydrogens (tertiary/aromatic N) is 2. The van der Waals surface area contributed by atoms with Crippen LogP contribution in [-0.2, 0) is 9.53 Å². The standard InChI is InChI=1S/C13H30N2O2/c1-13(2,15(6,7)8)11-17-12(16)9-10-14(3,4)5/h9-11H2,1-8H3/q+2. The maximum absolute atomic E-state index is 11.6. The Morgan fingerprint density at radius 2 is 1.53 bits per heavy atom. The van der Waals surface area contributed by atoms with E-state index in [1.165, 1.54) is 0 Å². The fourth-order valence-corrected chi connectivity index (χ4v) is 0.950. The minimum Gasteiger partial charge on any atom is -0.459 e. The summed E-state index contributed by atoms with van der Waals surface area (Å²) in [5.41, 5.74) is -0.0632. The van der Waals surface area contributed by atoms with Crippen LogP contribution in [-0.4, -0.2) is 75.9 Å². The first-order chi connectivity index (χ1) is 7.35. The van der Waals surface area contributed by atoms with Crippen molar-refractivity contribution in [3.05, 3.63) is 0 Å². The molecule has 4 heteroatoms. The summed E-state index contributed by atoms with van der Waals surface area (Å²) in [6, 6.07) is 0. The monoisotopic (exact) mass is 246 g/mol. The molecule has 0 N–H and O–H groups in total. The summed E-state index contributed by atoms with van der Waals surface area (Å²) in [5, 5.41) is 0. The van der Waals surface area contributed by atoms with Gasteiger partial charge in [0.05, 0.1) is 55.3 Å². The van der Waals surface area contributed by atoms with E-state index in [0.29, 0.717) is 13.0 Å². The average molecular weight is 246 g/mol. The summed E-state index contributed by atoms with van der Waals surface area (Å²) in [7, 11) is 12.6. The number of likely N-dealkylation sites (N-methyl/N-ethyl adjacent to an activating group) is 1. The Kier molecular flexibility index (Phi) is 5.16. The zero-order valence-electron chi connectivity index (χ0n) is 12.8. The van der Waals surface area contributed by atoms with E-state index in [-0.39, 0.29) is 11.5 Å². The van der Waals surface area contributed by atoms with E-state index < -0.39 is 0 Å². The van der Waals surface area contributed by atoms with Crippen LogP contribution < -0.4 is 0 Å². The maximum atomic E-state index is 11.6. The molecular weight excluding hydrogens is 216 g/mol. The lowest BCUT2D eigenvalue weighted by Gasteiger charge is -2.40. The molecular formula is C13H30N2O2+2. The lowest BCUT2D eigenvalue weighted by Crippen LogP contribution is -2.56. The SMILES string of the molecule is CC(C)(COC(=O)CC[N+](C)(C)C)[N+](C)(C)C. The van der Waals surface area contributed by atoms with E-state index in [4.69, 9.17) is 4.74 Å². The molecule has 0 saturated carbocycles. The second kappa shape index (κ2) is 5.36. The van der Waals surface area contributed by atoms with Gasteiger partial charge in [-0.2, -0.15) is 0 Å². The number of carbonyl (C=O) groups is 1. The summed E-state index contributed by atoms with van der Waals surface area (Å²) in [4.78, 5) is 11.6. The maximum Gasteiger partial charge on any atom is 0.311 e. The highest BCUT2D eigenvalue weighted by Crippen LogP contribution is 2.17. The topological polar surface area (TPSA) is 26.3 Å². The van der Waals surface area contributed by atoms with Crippen molar-refractivity contribution >= 4 is 5.97 Å². The summed E-state index contributed by atoms with van der Waals surface area (Å²) in [5.74, 6) is -0.0976. The second-order valence-corrected chi connectivity index (χ2v) is 7.25. The van der Waals surface area contributed by atoms with E-state index >= 15 is 0 Å². The predicted octanol–water partition coefficient (Wildman–Crippen LogP) is 1.11. The minimum absolute atomic E-state index is 0.0632. The van der Waals surface area contributed by atoms with E-state index in [1.807, 2.05) is 0 Å².